The summed E-state index contributed by atoms with van der Waals surface area (Å²) in [6.45, 7) is 0.991. The van der Waals surface area contributed by atoms with Gasteiger partial charge in [0.1, 0.15) is 5.82 Å². The van der Waals surface area contributed by atoms with E-state index in [1.165, 1.54) is 18.2 Å². The molecule has 0 unspecified atom stereocenters. The van der Waals surface area contributed by atoms with E-state index in [-0.39, 0.29) is 24.5 Å². The molecule has 2 amide bonds. The first-order valence-electron chi connectivity index (χ1n) is 9.17. The van der Waals surface area contributed by atoms with Crippen molar-refractivity contribution in [3.8, 4) is 11.5 Å². The van der Waals surface area contributed by atoms with Crippen molar-refractivity contribution < 1.29 is 23.5 Å². The van der Waals surface area contributed by atoms with Crippen LogP contribution in [0.3, 0.4) is 0 Å². The van der Waals surface area contributed by atoms with E-state index in [4.69, 9.17) is 9.47 Å². The van der Waals surface area contributed by atoms with Gasteiger partial charge in [-0.3, -0.25) is 9.59 Å². The first-order chi connectivity index (χ1) is 13.6. The highest BCUT2D eigenvalue weighted by molar-refractivity contribution is 5.94. The van der Waals surface area contributed by atoms with Gasteiger partial charge in [-0.05, 0) is 43.2 Å². The Hall–Kier alpha value is -3.09. The lowest BCUT2D eigenvalue weighted by atomic mass is 10.0. The van der Waals surface area contributed by atoms with Crippen LogP contribution < -0.4 is 14.8 Å². The zero-order chi connectivity index (χ0) is 19.9. The number of carbonyl (C=O) groups excluding carboxylic acids is 2. The fraction of sp³-hybridized carbons (Fsp3) is 0.333. The van der Waals surface area contributed by atoms with Gasteiger partial charge >= 0.3 is 0 Å². The van der Waals surface area contributed by atoms with E-state index in [1.807, 2.05) is 12.1 Å². The molecule has 1 aliphatic heterocycles. The van der Waals surface area contributed by atoms with Crippen LogP contribution in [0.5, 0.6) is 11.5 Å². The predicted octanol–water partition coefficient (Wildman–Crippen LogP) is 2.63. The number of hydrogen-bond acceptors (Lipinski definition) is 4. The summed E-state index contributed by atoms with van der Waals surface area (Å²) < 4.78 is 24.0. The summed E-state index contributed by atoms with van der Waals surface area (Å²) in [5.41, 5.74) is 0.295. The third-order valence-electron chi connectivity index (χ3n) is 4.69. The lowest BCUT2D eigenvalue weighted by molar-refractivity contribution is -0.134. The van der Waals surface area contributed by atoms with Gasteiger partial charge in [0.2, 0.25) is 0 Å². The number of carbonyl (C=O) groups is 2. The summed E-state index contributed by atoms with van der Waals surface area (Å²) >= 11 is 0. The number of nitrogens with zero attached hydrogens (tertiary/aromatic N) is 1. The number of para-hydroxylation sites is 2. The van der Waals surface area contributed by atoms with Gasteiger partial charge in [-0.2, -0.15) is 0 Å². The average Bonchev–Trinajstić information content (AvgIpc) is 2.72. The third kappa shape index (κ3) is 5.00. The van der Waals surface area contributed by atoms with Gasteiger partial charge in [0.05, 0.1) is 7.11 Å². The molecule has 28 heavy (non-hydrogen) atoms. The highest BCUT2D eigenvalue weighted by atomic mass is 19.1. The Morgan fingerprint density at radius 2 is 1.82 bits per heavy atom. The van der Waals surface area contributed by atoms with Gasteiger partial charge in [-0.15, -0.1) is 0 Å². The molecule has 2 aromatic carbocycles. The Bertz CT molecular complexity index is 835. The van der Waals surface area contributed by atoms with Gasteiger partial charge in [-0.25, -0.2) is 4.39 Å². The van der Waals surface area contributed by atoms with Gasteiger partial charge < -0.3 is 19.7 Å². The number of hydrogen-bond donors (Lipinski definition) is 1. The van der Waals surface area contributed by atoms with Gasteiger partial charge in [0.15, 0.2) is 18.1 Å². The summed E-state index contributed by atoms with van der Waals surface area (Å²) in [7, 11) is 1.55. The molecule has 0 spiro atoms. The summed E-state index contributed by atoms with van der Waals surface area (Å²) in [6.07, 6.45) is 1.28. The molecule has 0 saturated carbocycles. The Morgan fingerprint density at radius 3 is 2.50 bits per heavy atom. The molecule has 2 aromatic rings. The second-order valence-corrected chi connectivity index (χ2v) is 6.58. The third-order valence-corrected chi connectivity index (χ3v) is 4.69. The zero-order valence-corrected chi connectivity index (χ0v) is 15.7. The highest BCUT2D eigenvalue weighted by Gasteiger charge is 2.24. The van der Waals surface area contributed by atoms with Crippen LogP contribution in [-0.4, -0.2) is 49.6 Å². The normalized spacial score (nSPS) is 14.4. The van der Waals surface area contributed by atoms with E-state index in [0.717, 1.165) is 0 Å². The van der Waals surface area contributed by atoms with Crippen molar-refractivity contribution in [3.63, 3.8) is 0 Å². The van der Waals surface area contributed by atoms with Crippen LogP contribution in [0, 0.1) is 5.82 Å². The second-order valence-electron chi connectivity index (χ2n) is 6.58. The van der Waals surface area contributed by atoms with Crippen LogP contribution in [0.25, 0.3) is 0 Å². The van der Waals surface area contributed by atoms with E-state index < -0.39 is 5.82 Å². The van der Waals surface area contributed by atoms with Crippen LogP contribution >= 0.6 is 0 Å². The number of methoxy groups -OCH3 is 1. The molecule has 7 heteroatoms. The quantitative estimate of drug-likeness (QED) is 0.829. The van der Waals surface area contributed by atoms with Crippen LogP contribution in [0.2, 0.25) is 0 Å². The largest absolute Gasteiger partial charge is 0.493 e. The van der Waals surface area contributed by atoms with E-state index in [0.29, 0.717) is 43.0 Å². The number of piperidine rings is 1. The summed E-state index contributed by atoms with van der Waals surface area (Å²) in [4.78, 5) is 26.3. The van der Waals surface area contributed by atoms with Crippen molar-refractivity contribution in [3.05, 3.63) is 59.9 Å². The zero-order valence-electron chi connectivity index (χ0n) is 15.7. The maximum atomic E-state index is 13.2. The van der Waals surface area contributed by atoms with Crippen molar-refractivity contribution in [2.24, 2.45) is 0 Å². The summed E-state index contributed by atoms with van der Waals surface area (Å²) in [5, 5.41) is 2.90. The molecule has 148 valence electrons. The van der Waals surface area contributed by atoms with Crippen molar-refractivity contribution in [2.45, 2.75) is 18.9 Å². The molecule has 1 saturated heterocycles. The maximum absolute atomic E-state index is 13.2. The monoisotopic (exact) mass is 386 g/mol. The molecular weight excluding hydrogens is 363 g/mol. The highest BCUT2D eigenvalue weighted by Crippen LogP contribution is 2.25. The molecule has 1 aliphatic rings. The number of likely N-dealkylation sites (tertiary alicyclic amines) is 1. The van der Waals surface area contributed by atoms with Crippen LogP contribution in [0.15, 0.2) is 48.5 Å². The Labute approximate surface area is 163 Å². The minimum atomic E-state index is -0.442. The minimum Gasteiger partial charge on any atom is -0.493 e. The summed E-state index contributed by atoms with van der Waals surface area (Å²) in [6, 6.07) is 12.7. The van der Waals surface area contributed by atoms with E-state index in [9.17, 15) is 14.0 Å². The molecule has 0 bridgehead atoms. The van der Waals surface area contributed by atoms with Crippen LogP contribution in [0.4, 0.5) is 4.39 Å². The standard InChI is InChI=1S/C21H23FN2O4/c1-27-18-7-2-3-8-19(18)28-14-20(25)24-11-9-17(10-12-24)23-21(26)15-5-4-6-16(22)13-15/h2-8,13,17H,9-12,14H2,1H3,(H,23,26). The fourth-order valence-corrected chi connectivity index (χ4v) is 3.14. The van der Waals surface area contributed by atoms with Crippen molar-refractivity contribution >= 4 is 11.8 Å². The molecular formula is C21H23FN2O4. The molecule has 0 aromatic heterocycles. The first kappa shape index (κ1) is 19.7. The average molecular weight is 386 g/mol. The topological polar surface area (TPSA) is 67.9 Å². The van der Waals surface area contributed by atoms with Crippen molar-refractivity contribution in [1.29, 1.82) is 0 Å². The number of benzene rings is 2. The molecule has 1 heterocycles. The SMILES string of the molecule is COc1ccccc1OCC(=O)N1CCC(NC(=O)c2cccc(F)c2)CC1. The number of halogens is 1. The Balaban J connectivity index is 1.45. The molecule has 0 aliphatic carbocycles. The Kier molecular flexibility index (Phi) is 6.47. The molecule has 6 nitrogen and oxygen atoms in total. The molecule has 3 rings (SSSR count). The van der Waals surface area contributed by atoms with E-state index in [2.05, 4.69) is 5.32 Å². The minimum absolute atomic E-state index is 0.0463. The lowest BCUT2D eigenvalue weighted by Gasteiger charge is -2.32. The lowest BCUT2D eigenvalue weighted by Crippen LogP contribution is -2.47. The molecule has 1 N–H and O–H groups in total. The summed E-state index contributed by atoms with van der Waals surface area (Å²) in [5.74, 6) is 0.248. The van der Waals surface area contributed by atoms with E-state index in [1.54, 1.807) is 30.2 Å². The Morgan fingerprint density at radius 1 is 1.11 bits per heavy atom. The fourth-order valence-electron chi connectivity index (χ4n) is 3.14. The molecule has 0 atom stereocenters. The number of ether oxygens (including phenoxy) is 2. The number of amides is 2. The van der Waals surface area contributed by atoms with Gasteiger partial charge in [-0.1, -0.05) is 18.2 Å². The van der Waals surface area contributed by atoms with Crippen LogP contribution in [0.1, 0.15) is 23.2 Å². The maximum Gasteiger partial charge on any atom is 0.260 e. The van der Waals surface area contributed by atoms with Crippen molar-refractivity contribution in [2.75, 3.05) is 26.8 Å². The molecule has 0 radical (unpaired) electrons. The van der Waals surface area contributed by atoms with Crippen molar-refractivity contribution in [1.82, 2.24) is 10.2 Å². The number of rotatable bonds is 6. The predicted molar refractivity (Wildman–Crippen MR) is 102 cm³/mol. The van der Waals surface area contributed by atoms with Gasteiger partial charge in [0, 0.05) is 24.7 Å². The van der Waals surface area contributed by atoms with Crippen LogP contribution in [-0.2, 0) is 4.79 Å². The van der Waals surface area contributed by atoms with Gasteiger partial charge in [0.25, 0.3) is 11.8 Å². The smallest absolute Gasteiger partial charge is 0.260 e. The first-order valence-corrected chi connectivity index (χ1v) is 9.17. The number of nitrogens with one attached hydrogen (secondary N) is 1. The molecule has 1 fully saturated rings. The van der Waals surface area contributed by atoms with E-state index >= 15 is 0 Å². The second kappa shape index (κ2) is 9.21.